The molecule has 2 atom stereocenters. The zero-order chi connectivity index (χ0) is 17.6. The predicted octanol–water partition coefficient (Wildman–Crippen LogP) is 2.86. The fourth-order valence-corrected chi connectivity index (χ4v) is 2.63. The van der Waals surface area contributed by atoms with Crippen LogP contribution in [0.3, 0.4) is 0 Å². The average molecular weight is 330 g/mol. The Morgan fingerprint density at radius 2 is 2.12 bits per heavy atom. The van der Waals surface area contributed by atoms with Gasteiger partial charge in [0, 0.05) is 6.61 Å². The van der Waals surface area contributed by atoms with E-state index in [0.717, 1.165) is 25.0 Å². The first-order chi connectivity index (χ1) is 11.4. The van der Waals surface area contributed by atoms with Crippen LogP contribution in [-0.2, 0) is 19.7 Å². The van der Waals surface area contributed by atoms with Crippen molar-refractivity contribution in [2.75, 3.05) is 19.8 Å². The van der Waals surface area contributed by atoms with Crippen LogP contribution in [0.1, 0.15) is 50.8 Å². The van der Waals surface area contributed by atoms with E-state index in [2.05, 4.69) is 32.2 Å². The molecule has 0 radical (unpaired) electrons. The standard InChI is InChI=1S/C19H26N2O3/c1-19(2,3)15-8-6-14(7-9-15)17(11-20)21-18(22)13-23-12-16-5-4-10-24-16/h6-9,16-17H,4-5,10,12-13H2,1-3H3,(H,21,22)/t16-,17+/m0/s1. The molecule has 1 aromatic carbocycles. The van der Waals surface area contributed by atoms with E-state index in [-0.39, 0.29) is 24.0 Å². The zero-order valence-corrected chi connectivity index (χ0v) is 14.7. The minimum atomic E-state index is -0.669. The van der Waals surface area contributed by atoms with E-state index in [1.54, 1.807) is 0 Å². The summed E-state index contributed by atoms with van der Waals surface area (Å²) in [6.07, 6.45) is 2.11. The topological polar surface area (TPSA) is 71.4 Å². The van der Waals surface area contributed by atoms with Crippen molar-refractivity contribution in [3.63, 3.8) is 0 Å². The molecule has 0 saturated carbocycles. The highest BCUT2D eigenvalue weighted by atomic mass is 16.5. The number of nitrogens with one attached hydrogen (secondary N) is 1. The van der Waals surface area contributed by atoms with Crippen LogP contribution in [0.25, 0.3) is 0 Å². The molecule has 5 nitrogen and oxygen atoms in total. The Balaban J connectivity index is 1.84. The van der Waals surface area contributed by atoms with Crippen molar-refractivity contribution in [1.29, 1.82) is 5.26 Å². The van der Waals surface area contributed by atoms with E-state index in [0.29, 0.717) is 6.61 Å². The second-order valence-electron chi connectivity index (χ2n) is 7.15. The predicted molar refractivity (Wildman–Crippen MR) is 91.4 cm³/mol. The lowest BCUT2D eigenvalue weighted by Gasteiger charge is -2.20. The monoisotopic (exact) mass is 330 g/mol. The smallest absolute Gasteiger partial charge is 0.247 e. The van der Waals surface area contributed by atoms with Crippen LogP contribution in [0.2, 0.25) is 0 Å². The Labute approximate surface area is 144 Å². The Bertz CT molecular complexity index is 578. The van der Waals surface area contributed by atoms with Gasteiger partial charge >= 0.3 is 0 Å². The third-order valence-electron chi connectivity index (χ3n) is 4.11. The first-order valence-electron chi connectivity index (χ1n) is 8.39. The van der Waals surface area contributed by atoms with Crippen LogP contribution < -0.4 is 5.32 Å². The van der Waals surface area contributed by atoms with Gasteiger partial charge in [-0.1, -0.05) is 45.0 Å². The van der Waals surface area contributed by atoms with Gasteiger partial charge in [-0.3, -0.25) is 4.79 Å². The number of nitrogens with zero attached hydrogens (tertiary/aromatic N) is 1. The summed E-state index contributed by atoms with van der Waals surface area (Å²) >= 11 is 0. The molecule has 130 valence electrons. The average Bonchev–Trinajstić information content (AvgIpc) is 3.05. The molecule has 1 saturated heterocycles. The summed E-state index contributed by atoms with van der Waals surface area (Å²) in [7, 11) is 0. The summed E-state index contributed by atoms with van der Waals surface area (Å²) in [6, 6.07) is 9.24. The third kappa shape index (κ3) is 5.33. The van der Waals surface area contributed by atoms with Crippen LogP contribution in [0, 0.1) is 11.3 Å². The largest absolute Gasteiger partial charge is 0.376 e. The van der Waals surface area contributed by atoms with E-state index in [1.165, 1.54) is 5.56 Å². The molecule has 1 heterocycles. The number of benzene rings is 1. The van der Waals surface area contributed by atoms with Gasteiger partial charge in [0.2, 0.25) is 5.91 Å². The molecule has 1 fully saturated rings. The molecule has 0 aliphatic carbocycles. The maximum Gasteiger partial charge on any atom is 0.247 e. The Hall–Kier alpha value is -1.90. The van der Waals surface area contributed by atoms with Crippen molar-refractivity contribution in [2.24, 2.45) is 0 Å². The SMILES string of the molecule is CC(C)(C)c1ccc([C@@H](C#N)NC(=O)COC[C@@H]2CCCO2)cc1. The number of amides is 1. The lowest BCUT2D eigenvalue weighted by Crippen LogP contribution is -2.32. The van der Waals surface area contributed by atoms with E-state index in [9.17, 15) is 10.1 Å². The quantitative estimate of drug-likeness (QED) is 0.870. The molecule has 0 unspecified atom stereocenters. The minimum absolute atomic E-state index is 0.0556. The Kier molecular flexibility index (Phi) is 6.36. The van der Waals surface area contributed by atoms with Crippen LogP contribution >= 0.6 is 0 Å². The lowest BCUT2D eigenvalue weighted by atomic mass is 9.86. The second kappa shape index (κ2) is 8.27. The molecule has 1 aromatic rings. The van der Waals surface area contributed by atoms with Gasteiger partial charge in [0.1, 0.15) is 12.6 Å². The first kappa shape index (κ1) is 18.4. The van der Waals surface area contributed by atoms with Gasteiger partial charge in [-0.2, -0.15) is 5.26 Å². The maximum absolute atomic E-state index is 12.0. The number of nitriles is 1. The van der Waals surface area contributed by atoms with Gasteiger partial charge in [-0.05, 0) is 29.4 Å². The Morgan fingerprint density at radius 1 is 1.42 bits per heavy atom. The van der Waals surface area contributed by atoms with Gasteiger partial charge in [-0.25, -0.2) is 0 Å². The molecule has 1 N–H and O–H groups in total. The van der Waals surface area contributed by atoms with E-state index in [1.807, 2.05) is 24.3 Å². The summed E-state index contributed by atoms with van der Waals surface area (Å²) in [5.41, 5.74) is 2.02. The fraction of sp³-hybridized carbons (Fsp3) is 0.579. The maximum atomic E-state index is 12.0. The Morgan fingerprint density at radius 3 is 2.67 bits per heavy atom. The highest BCUT2D eigenvalue weighted by molar-refractivity contribution is 5.78. The van der Waals surface area contributed by atoms with Crippen molar-refractivity contribution in [1.82, 2.24) is 5.32 Å². The van der Waals surface area contributed by atoms with Crippen molar-refractivity contribution in [3.05, 3.63) is 35.4 Å². The van der Waals surface area contributed by atoms with Gasteiger partial charge in [0.25, 0.3) is 0 Å². The van der Waals surface area contributed by atoms with Crippen LogP contribution in [0.4, 0.5) is 0 Å². The number of hydrogen-bond donors (Lipinski definition) is 1. The molecule has 1 aliphatic rings. The van der Waals surface area contributed by atoms with Crippen LogP contribution in [-0.4, -0.2) is 31.8 Å². The number of carbonyl (C=O) groups excluding carboxylic acids is 1. The molecule has 0 bridgehead atoms. The van der Waals surface area contributed by atoms with Gasteiger partial charge in [0.05, 0.1) is 18.8 Å². The summed E-state index contributed by atoms with van der Waals surface area (Å²) < 4.78 is 10.8. The van der Waals surface area contributed by atoms with Crippen molar-refractivity contribution >= 4 is 5.91 Å². The molecule has 0 aromatic heterocycles. The van der Waals surface area contributed by atoms with Gasteiger partial charge in [0.15, 0.2) is 0 Å². The summed E-state index contributed by atoms with van der Waals surface area (Å²) in [6.45, 7) is 7.54. The summed E-state index contributed by atoms with van der Waals surface area (Å²) in [5.74, 6) is -0.292. The van der Waals surface area contributed by atoms with E-state index in [4.69, 9.17) is 9.47 Å². The van der Waals surface area contributed by atoms with Crippen molar-refractivity contribution in [2.45, 2.75) is 51.2 Å². The first-order valence-corrected chi connectivity index (χ1v) is 8.39. The van der Waals surface area contributed by atoms with Crippen LogP contribution in [0.15, 0.2) is 24.3 Å². The molecule has 2 rings (SSSR count). The molecular formula is C19H26N2O3. The number of ether oxygens (including phenoxy) is 2. The minimum Gasteiger partial charge on any atom is -0.376 e. The summed E-state index contributed by atoms with van der Waals surface area (Å²) in [5, 5.41) is 12.0. The third-order valence-corrected chi connectivity index (χ3v) is 4.11. The van der Waals surface area contributed by atoms with Gasteiger partial charge < -0.3 is 14.8 Å². The number of hydrogen-bond acceptors (Lipinski definition) is 4. The molecule has 1 aliphatic heterocycles. The van der Waals surface area contributed by atoms with Crippen molar-refractivity contribution < 1.29 is 14.3 Å². The number of rotatable bonds is 6. The summed E-state index contributed by atoms with van der Waals surface area (Å²) in [4.78, 5) is 12.0. The normalized spacial score (nSPS) is 18.8. The molecular weight excluding hydrogens is 304 g/mol. The molecule has 0 spiro atoms. The van der Waals surface area contributed by atoms with Crippen molar-refractivity contribution in [3.8, 4) is 6.07 Å². The van der Waals surface area contributed by atoms with Gasteiger partial charge in [-0.15, -0.1) is 0 Å². The van der Waals surface area contributed by atoms with E-state index >= 15 is 0 Å². The second-order valence-corrected chi connectivity index (χ2v) is 7.15. The highest BCUT2D eigenvalue weighted by Gasteiger charge is 2.19. The van der Waals surface area contributed by atoms with Crippen LogP contribution in [0.5, 0.6) is 0 Å². The molecule has 24 heavy (non-hydrogen) atoms. The zero-order valence-electron chi connectivity index (χ0n) is 14.7. The molecule has 1 amide bonds. The lowest BCUT2D eigenvalue weighted by molar-refractivity contribution is -0.127. The van der Waals surface area contributed by atoms with E-state index < -0.39 is 6.04 Å². The fourth-order valence-electron chi connectivity index (χ4n) is 2.63. The number of carbonyl (C=O) groups is 1. The highest BCUT2D eigenvalue weighted by Crippen LogP contribution is 2.23. The molecule has 5 heteroatoms.